The first-order chi connectivity index (χ1) is 6.41. The molecule has 0 aromatic rings. The maximum Gasteiger partial charge on any atom is 0.521 e. The monoisotopic (exact) mass is 200 g/mol. The molecule has 5 heteroatoms. The van der Waals surface area contributed by atoms with E-state index >= 15 is 0 Å². The fourth-order valence-electron chi connectivity index (χ4n) is 2.00. The molecule has 0 bridgehead atoms. The second-order valence-electron chi connectivity index (χ2n) is 3.74. The summed E-state index contributed by atoms with van der Waals surface area (Å²) in [7, 11) is 0. The molecule has 1 N–H and O–H groups in total. The molecule has 0 saturated carbocycles. The lowest BCUT2D eigenvalue weighted by molar-refractivity contribution is -0.807. The van der Waals surface area contributed by atoms with Gasteiger partial charge in [-0.3, -0.25) is 4.79 Å². The topological polar surface area (TPSA) is 71.4 Å². The van der Waals surface area contributed by atoms with Gasteiger partial charge in [0.1, 0.15) is 18.4 Å². The van der Waals surface area contributed by atoms with Gasteiger partial charge in [0.15, 0.2) is 0 Å². The molecule has 0 aromatic heterocycles. The van der Waals surface area contributed by atoms with E-state index in [1.807, 2.05) is 0 Å². The summed E-state index contributed by atoms with van der Waals surface area (Å²) in [6.45, 7) is 2.98. The minimum atomic E-state index is -1.16. The summed E-state index contributed by atoms with van der Waals surface area (Å²) in [5.74, 6) is -0.369. The Morgan fingerprint density at radius 1 is 1.50 bits per heavy atom. The Balaban J connectivity index is 3.05. The van der Waals surface area contributed by atoms with E-state index in [-0.39, 0.29) is 25.2 Å². The predicted octanol–water partition coefficient (Wildman–Crippen LogP) is 0.779. The summed E-state index contributed by atoms with van der Waals surface area (Å²) in [5.41, 5.74) is 0. The van der Waals surface area contributed by atoms with Gasteiger partial charge in [-0.25, -0.2) is 4.79 Å². The average Bonchev–Trinajstić information content (AvgIpc) is 2.02. The van der Waals surface area contributed by atoms with Gasteiger partial charge in [-0.2, -0.15) is 9.28 Å². The van der Waals surface area contributed by atoms with Crippen LogP contribution >= 0.6 is 0 Å². The van der Waals surface area contributed by atoms with E-state index in [1.54, 1.807) is 6.92 Å². The van der Waals surface area contributed by atoms with Crippen molar-refractivity contribution in [3.05, 3.63) is 0 Å². The van der Waals surface area contributed by atoms with Gasteiger partial charge in [0, 0.05) is 0 Å². The number of likely N-dealkylation sites (tertiary alicyclic amines) is 1. The number of hydrogen-bond acceptors (Lipinski definition) is 3. The number of hydrogen-bond donors (Lipinski definition) is 1. The van der Waals surface area contributed by atoms with E-state index in [0.29, 0.717) is 0 Å². The summed E-state index contributed by atoms with van der Waals surface area (Å²) < 4.78 is -0.605. The molecule has 2 amide bonds. The molecule has 1 rings (SSSR count). The van der Waals surface area contributed by atoms with Gasteiger partial charge in [0.05, 0.1) is 19.8 Å². The second-order valence-corrected chi connectivity index (χ2v) is 3.74. The Bertz CT molecular complexity index is 283. The molecule has 78 valence electrons. The van der Waals surface area contributed by atoms with Crippen molar-refractivity contribution in [3.8, 4) is 0 Å². The Labute approximate surface area is 81.9 Å². The molecule has 0 aliphatic carbocycles. The summed E-state index contributed by atoms with van der Waals surface area (Å²) in [4.78, 5) is 33.5. The van der Waals surface area contributed by atoms with Gasteiger partial charge in [0.25, 0.3) is 0 Å². The third kappa shape index (κ3) is 1.43. The Hall–Kier alpha value is -1.23. The number of carbonyl (C=O) groups excluding carboxylic acids is 2. The Morgan fingerprint density at radius 2 is 2.07 bits per heavy atom. The first-order valence-electron chi connectivity index (χ1n) is 4.55. The third-order valence-corrected chi connectivity index (χ3v) is 2.92. The number of Topliss-reactive ketones (excluding diaryl/α,β-unsaturated/α-hetero) is 1. The summed E-state index contributed by atoms with van der Waals surface area (Å²) >= 11 is 0. The van der Waals surface area contributed by atoms with Crippen LogP contribution in [0.5, 0.6) is 0 Å². The lowest BCUT2D eigenvalue weighted by Gasteiger charge is -2.37. The highest BCUT2D eigenvalue weighted by Crippen LogP contribution is 2.24. The summed E-state index contributed by atoms with van der Waals surface area (Å²) in [5, 5.41) is 9.06. The van der Waals surface area contributed by atoms with Crippen molar-refractivity contribution in [2.24, 2.45) is 0 Å². The molecule has 5 nitrogen and oxygen atoms in total. The van der Waals surface area contributed by atoms with Crippen LogP contribution in [0.4, 0.5) is 4.79 Å². The standard InChI is InChI=1S/C9H13NO4/c1-6-5-8(12)3-4-10(6,7(2)11)9(13)14/h6H,3-5H2,1-2H3/p+1. The van der Waals surface area contributed by atoms with Crippen LogP contribution in [-0.2, 0) is 9.59 Å². The summed E-state index contributed by atoms with van der Waals surface area (Å²) in [6.07, 6.45) is -0.806. The molecule has 1 fully saturated rings. The number of imide groups is 1. The van der Waals surface area contributed by atoms with Crippen LogP contribution in [0.1, 0.15) is 26.7 Å². The van der Waals surface area contributed by atoms with E-state index in [2.05, 4.69) is 0 Å². The van der Waals surface area contributed by atoms with E-state index in [9.17, 15) is 14.4 Å². The van der Waals surface area contributed by atoms with Crippen LogP contribution in [0.15, 0.2) is 0 Å². The van der Waals surface area contributed by atoms with E-state index < -0.39 is 22.5 Å². The van der Waals surface area contributed by atoms with Gasteiger partial charge >= 0.3 is 12.0 Å². The molecule has 1 heterocycles. The fourth-order valence-corrected chi connectivity index (χ4v) is 2.00. The number of carbonyl (C=O) groups is 3. The third-order valence-electron chi connectivity index (χ3n) is 2.92. The minimum absolute atomic E-state index is 0.0359. The SMILES string of the molecule is CC(=O)[N+]1(C(=O)O)CCC(=O)CC1C. The normalized spacial score (nSPS) is 32.7. The predicted molar refractivity (Wildman–Crippen MR) is 47.5 cm³/mol. The molecule has 1 aliphatic heterocycles. The van der Waals surface area contributed by atoms with Crippen molar-refractivity contribution in [2.45, 2.75) is 32.7 Å². The molecule has 0 aromatic carbocycles. The minimum Gasteiger partial charge on any atom is -0.435 e. The molecule has 1 saturated heterocycles. The first kappa shape index (κ1) is 10.8. The maximum atomic E-state index is 11.4. The molecular formula is C9H14NO4+. The quantitative estimate of drug-likeness (QED) is 0.586. The number of carboxylic acid groups (broad SMARTS) is 1. The number of rotatable bonds is 0. The lowest BCUT2D eigenvalue weighted by Crippen LogP contribution is -2.64. The van der Waals surface area contributed by atoms with Gasteiger partial charge in [-0.05, 0) is 6.92 Å². The number of quaternary nitrogens is 1. The molecule has 0 spiro atoms. The average molecular weight is 200 g/mol. The zero-order valence-electron chi connectivity index (χ0n) is 8.32. The van der Waals surface area contributed by atoms with Gasteiger partial charge in [-0.15, -0.1) is 0 Å². The van der Waals surface area contributed by atoms with Gasteiger partial charge in [-0.1, -0.05) is 0 Å². The largest absolute Gasteiger partial charge is 0.521 e. The van der Waals surface area contributed by atoms with Crippen LogP contribution in [0.25, 0.3) is 0 Å². The number of piperidine rings is 1. The van der Waals surface area contributed by atoms with Crippen molar-refractivity contribution in [3.63, 3.8) is 0 Å². The molecule has 0 radical (unpaired) electrons. The van der Waals surface area contributed by atoms with Crippen LogP contribution in [-0.4, -0.2) is 40.0 Å². The Morgan fingerprint density at radius 3 is 2.43 bits per heavy atom. The fraction of sp³-hybridized carbons (Fsp3) is 0.667. The van der Waals surface area contributed by atoms with Crippen LogP contribution in [0.2, 0.25) is 0 Å². The highest BCUT2D eigenvalue weighted by atomic mass is 16.4. The van der Waals surface area contributed by atoms with Crippen molar-refractivity contribution >= 4 is 17.8 Å². The maximum absolute atomic E-state index is 11.4. The van der Waals surface area contributed by atoms with Crippen molar-refractivity contribution in [1.82, 2.24) is 0 Å². The van der Waals surface area contributed by atoms with Crippen molar-refractivity contribution in [2.75, 3.05) is 6.54 Å². The second kappa shape index (κ2) is 3.49. The lowest BCUT2D eigenvalue weighted by atomic mass is 9.99. The number of amides is 2. The van der Waals surface area contributed by atoms with Gasteiger partial charge < -0.3 is 5.11 Å². The molecule has 1 aliphatic rings. The highest BCUT2D eigenvalue weighted by molar-refractivity contribution is 5.84. The zero-order valence-corrected chi connectivity index (χ0v) is 8.32. The smallest absolute Gasteiger partial charge is 0.435 e. The van der Waals surface area contributed by atoms with E-state index in [1.165, 1.54) is 6.92 Å². The molecule has 2 atom stereocenters. The zero-order chi connectivity index (χ0) is 10.9. The Kier molecular flexibility index (Phi) is 2.71. The van der Waals surface area contributed by atoms with E-state index in [0.717, 1.165) is 0 Å². The summed E-state index contributed by atoms with van der Waals surface area (Å²) in [6, 6.07) is -0.453. The molecule has 14 heavy (non-hydrogen) atoms. The highest BCUT2D eigenvalue weighted by Gasteiger charge is 2.50. The van der Waals surface area contributed by atoms with Crippen LogP contribution < -0.4 is 0 Å². The van der Waals surface area contributed by atoms with Gasteiger partial charge in [0.2, 0.25) is 0 Å². The molecular weight excluding hydrogens is 186 g/mol. The molecule has 2 unspecified atom stereocenters. The van der Waals surface area contributed by atoms with E-state index in [4.69, 9.17) is 5.11 Å². The number of nitrogens with zero attached hydrogens (tertiary/aromatic N) is 1. The van der Waals surface area contributed by atoms with Crippen LogP contribution in [0.3, 0.4) is 0 Å². The van der Waals surface area contributed by atoms with Crippen LogP contribution in [0, 0.1) is 0 Å². The van der Waals surface area contributed by atoms with Crippen molar-refractivity contribution in [1.29, 1.82) is 0 Å². The van der Waals surface area contributed by atoms with Crippen molar-refractivity contribution < 1.29 is 24.0 Å². The number of ketones is 1. The first-order valence-corrected chi connectivity index (χ1v) is 4.55.